The zero-order valence-corrected chi connectivity index (χ0v) is 12.5. The molecule has 0 radical (unpaired) electrons. The van der Waals surface area contributed by atoms with Gasteiger partial charge in [-0.3, -0.25) is 4.79 Å². The third kappa shape index (κ3) is 3.22. The summed E-state index contributed by atoms with van der Waals surface area (Å²) < 4.78 is 0. The molecule has 3 heterocycles. The molecule has 2 fully saturated rings. The average molecular weight is 290 g/mol. The second-order valence-electron chi connectivity index (χ2n) is 5.94. The molecule has 3 rings (SSSR count). The van der Waals surface area contributed by atoms with E-state index in [1.807, 2.05) is 0 Å². The van der Waals surface area contributed by atoms with Crippen LogP contribution in [-0.4, -0.2) is 65.8 Å². The van der Waals surface area contributed by atoms with Crippen molar-refractivity contribution in [2.24, 2.45) is 5.92 Å². The predicted molar refractivity (Wildman–Crippen MR) is 80.3 cm³/mol. The van der Waals surface area contributed by atoms with E-state index in [0.29, 0.717) is 5.92 Å². The Morgan fingerprint density at radius 3 is 2.71 bits per heavy atom. The van der Waals surface area contributed by atoms with E-state index in [2.05, 4.69) is 31.9 Å². The SMILES string of the molecule is CC1CCCN(c2nncc(N3CCN(C=O)CC3)n2)C1. The molecule has 114 valence electrons. The van der Waals surface area contributed by atoms with Gasteiger partial charge < -0.3 is 14.7 Å². The van der Waals surface area contributed by atoms with Gasteiger partial charge in [-0.15, -0.1) is 5.10 Å². The number of rotatable bonds is 3. The summed E-state index contributed by atoms with van der Waals surface area (Å²) in [6, 6.07) is 0. The smallest absolute Gasteiger partial charge is 0.247 e. The molecule has 0 aliphatic carbocycles. The number of hydrogen-bond donors (Lipinski definition) is 0. The van der Waals surface area contributed by atoms with Gasteiger partial charge in [-0.25, -0.2) is 0 Å². The first-order valence-electron chi connectivity index (χ1n) is 7.65. The number of hydrogen-bond acceptors (Lipinski definition) is 6. The second kappa shape index (κ2) is 6.24. The quantitative estimate of drug-likeness (QED) is 0.750. The molecule has 0 N–H and O–H groups in total. The maximum Gasteiger partial charge on any atom is 0.247 e. The molecule has 2 aliphatic heterocycles. The van der Waals surface area contributed by atoms with Gasteiger partial charge in [0.2, 0.25) is 12.4 Å². The van der Waals surface area contributed by atoms with Crippen LogP contribution in [0.3, 0.4) is 0 Å². The van der Waals surface area contributed by atoms with Crippen molar-refractivity contribution in [3.8, 4) is 0 Å². The van der Waals surface area contributed by atoms with Crippen LogP contribution in [0.15, 0.2) is 6.20 Å². The molecule has 0 saturated carbocycles. The van der Waals surface area contributed by atoms with Crippen LogP contribution < -0.4 is 9.80 Å². The fraction of sp³-hybridized carbons (Fsp3) is 0.714. The lowest BCUT2D eigenvalue weighted by molar-refractivity contribution is -0.118. The van der Waals surface area contributed by atoms with Crippen molar-refractivity contribution in [3.63, 3.8) is 0 Å². The van der Waals surface area contributed by atoms with Crippen LogP contribution in [0.2, 0.25) is 0 Å². The highest BCUT2D eigenvalue weighted by atomic mass is 16.1. The molecule has 1 aromatic rings. The van der Waals surface area contributed by atoms with Gasteiger partial charge in [0.25, 0.3) is 0 Å². The summed E-state index contributed by atoms with van der Waals surface area (Å²) in [6.07, 6.45) is 5.09. The molecule has 1 aromatic heterocycles. The first kappa shape index (κ1) is 14.0. The molecule has 1 unspecified atom stereocenters. The molecule has 0 aromatic carbocycles. The van der Waals surface area contributed by atoms with Crippen LogP contribution in [0.25, 0.3) is 0 Å². The highest BCUT2D eigenvalue weighted by Crippen LogP contribution is 2.21. The van der Waals surface area contributed by atoms with Gasteiger partial charge in [0.1, 0.15) is 0 Å². The first-order chi connectivity index (χ1) is 10.3. The van der Waals surface area contributed by atoms with Crippen molar-refractivity contribution < 1.29 is 4.79 Å². The number of carbonyl (C=O) groups excluding carboxylic acids is 1. The van der Waals surface area contributed by atoms with E-state index in [0.717, 1.165) is 57.4 Å². The van der Waals surface area contributed by atoms with Gasteiger partial charge in [0.05, 0.1) is 6.20 Å². The van der Waals surface area contributed by atoms with Crippen molar-refractivity contribution >= 4 is 18.2 Å². The molecule has 0 bridgehead atoms. The molecule has 0 spiro atoms. The number of nitrogens with zero attached hydrogens (tertiary/aromatic N) is 6. The van der Waals surface area contributed by atoms with Crippen molar-refractivity contribution in [2.75, 3.05) is 49.1 Å². The van der Waals surface area contributed by atoms with Crippen molar-refractivity contribution in [3.05, 3.63) is 6.20 Å². The number of piperidine rings is 1. The van der Waals surface area contributed by atoms with Crippen LogP contribution in [0, 0.1) is 5.92 Å². The standard InChI is InChI=1S/C14H22N6O/c1-12-3-2-4-20(10-12)14-16-13(9-15-17-14)19-7-5-18(11-21)6-8-19/h9,11-12H,2-8,10H2,1H3. The summed E-state index contributed by atoms with van der Waals surface area (Å²) in [4.78, 5) is 21.6. The Labute approximate surface area is 125 Å². The van der Waals surface area contributed by atoms with Crippen LogP contribution in [-0.2, 0) is 4.79 Å². The summed E-state index contributed by atoms with van der Waals surface area (Å²) in [5.41, 5.74) is 0. The minimum Gasteiger partial charge on any atom is -0.352 e. The van der Waals surface area contributed by atoms with E-state index in [1.54, 1.807) is 11.1 Å². The van der Waals surface area contributed by atoms with Crippen molar-refractivity contribution in [1.29, 1.82) is 0 Å². The Balaban J connectivity index is 1.70. The monoisotopic (exact) mass is 290 g/mol. The van der Waals surface area contributed by atoms with E-state index in [-0.39, 0.29) is 0 Å². The lowest BCUT2D eigenvalue weighted by atomic mass is 10.0. The van der Waals surface area contributed by atoms with E-state index in [1.165, 1.54) is 12.8 Å². The molecule has 2 saturated heterocycles. The molecule has 21 heavy (non-hydrogen) atoms. The number of piperazine rings is 1. The molecular formula is C14H22N6O. The largest absolute Gasteiger partial charge is 0.352 e. The van der Waals surface area contributed by atoms with Crippen molar-refractivity contribution in [1.82, 2.24) is 20.1 Å². The number of carbonyl (C=O) groups is 1. The van der Waals surface area contributed by atoms with E-state index in [4.69, 9.17) is 0 Å². The van der Waals surface area contributed by atoms with E-state index >= 15 is 0 Å². The molecular weight excluding hydrogens is 268 g/mol. The normalized spacial score (nSPS) is 23.3. The highest BCUT2D eigenvalue weighted by molar-refractivity contribution is 5.49. The molecule has 7 heteroatoms. The molecule has 1 atom stereocenters. The second-order valence-corrected chi connectivity index (χ2v) is 5.94. The summed E-state index contributed by atoms with van der Waals surface area (Å²) >= 11 is 0. The number of amides is 1. The van der Waals surface area contributed by atoms with Crippen LogP contribution >= 0.6 is 0 Å². The third-order valence-corrected chi connectivity index (χ3v) is 4.26. The van der Waals surface area contributed by atoms with Gasteiger partial charge in [-0.05, 0) is 18.8 Å². The van der Waals surface area contributed by atoms with Gasteiger partial charge in [-0.2, -0.15) is 10.1 Å². The van der Waals surface area contributed by atoms with Crippen LogP contribution in [0.4, 0.5) is 11.8 Å². The van der Waals surface area contributed by atoms with Crippen molar-refractivity contribution in [2.45, 2.75) is 19.8 Å². The molecule has 7 nitrogen and oxygen atoms in total. The summed E-state index contributed by atoms with van der Waals surface area (Å²) in [6.45, 7) is 7.36. The predicted octanol–water partition coefficient (Wildman–Crippen LogP) is 0.386. The van der Waals surface area contributed by atoms with Gasteiger partial charge in [0, 0.05) is 39.3 Å². The van der Waals surface area contributed by atoms with E-state index < -0.39 is 0 Å². The Kier molecular flexibility index (Phi) is 4.17. The maximum absolute atomic E-state index is 10.8. The average Bonchev–Trinajstić information content (AvgIpc) is 2.55. The van der Waals surface area contributed by atoms with E-state index in [9.17, 15) is 4.79 Å². The van der Waals surface area contributed by atoms with Gasteiger partial charge in [-0.1, -0.05) is 6.92 Å². The topological polar surface area (TPSA) is 65.5 Å². The molecule has 1 amide bonds. The zero-order chi connectivity index (χ0) is 14.7. The number of aromatic nitrogens is 3. The van der Waals surface area contributed by atoms with Gasteiger partial charge >= 0.3 is 0 Å². The zero-order valence-electron chi connectivity index (χ0n) is 12.5. The Bertz CT molecular complexity index is 488. The summed E-state index contributed by atoms with van der Waals surface area (Å²) in [5, 5.41) is 8.32. The Morgan fingerprint density at radius 2 is 2.00 bits per heavy atom. The lowest BCUT2D eigenvalue weighted by Crippen LogP contribution is -2.46. The lowest BCUT2D eigenvalue weighted by Gasteiger charge is -2.34. The Hall–Kier alpha value is -1.92. The highest BCUT2D eigenvalue weighted by Gasteiger charge is 2.21. The minimum atomic E-state index is 0.683. The van der Waals surface area contributed by atoms with Crippen LogP contribution in [0.5, 0.6) is 0 Å². The first-order valence-corrected chi connectivity index (χ1v) is 7.65. The fourth-order valence-electron chi connectivity index (χ4n) is 3.00. The minimum absolute atomic E-state index is 0.683. The summed E-state index contributed by atoms with van der Waals surface area (Å²) in [5.74, 6) is 2.28. The van der Waals surface area contributed by atoms with Gasteiger partial charge in [0.15, 0.2) is 5.82 Å². The van der Waals surface area contributed by atoms with Crippen LogP contribution in [0.1, 0.15) is 19.8 Å². The fourth-order valence-corrected chi connectivity index (χ4v) is 3.00. The summed E-state index contributed by atoms with van der Waals surface area (Å²) in [7, 11) is 0. The maximum atomic E-state index is 10.8. The third-order valence-electron chi connectivity index (χ3n) is 4.26. The number of anilines is 2. The Morgan fingerprint density at radius 1 is 1.19 bits per heavy atom. The molecule has 2 aliphatic rings.